The summed E-state index contributed by atoms with van der Waals surface area (Å²) in [7, 11) is -4.51. The number of hydrogen-bond acceptors (Lipinski definition) is 9. The number of ether oxygens (including phenoxy) is 2. The molecule has 0 heterocycles. The van der Waals surface area contributed by atoms with Crippen molar-refractivity contribution < 1.29 is 42.4 Å². The quantitative estimate of drug-likeness (QED) is 0.0240. The van der Waals surface area contributed by atoms with Gasteiger partial charge >= 0.3 is 19.8 Å². The Hall–Kier alpha value is -1.13. The van der Waals surface area contributed by atoms with Crippen molar-refractivity contribution in [3.8, 4) is 0 Å². The first kappa shape index (κ1) is 50.9. The van der Waals surface area contributed by atoms with Gasteiger partial charge in [-0.25, -0.2) is 4.57 Å². The Kier molecular flexibility index (Phi) is 37.3. The van der Waals surface area contributed by atoms with Gasteiger partial charge in [-0.2, -0.15) is 12.6 Å². The van der Waals surface area contributed by atoms with Gasteiger partial charge in [-0.3, -0.25) is 23.4 Å². The second-order valence-corrected chi connectivity index (χ2v) is 16.1. The zero-order chi connectivity index (χ0) is 38.4. The van der Waals surface area contributed by atoms with Crippen LogP contribution in [0.15, 0.2) is 0 Å². The van der Waals surface area contributed by atoms with Gasteiger partial charge in [0.25, 0.3) is 0 Å². The maximum atomic E-state index is 12.6. The second kappa shape index (κ2) is 38.2. The van der Waals surface area contributed by atoms with E-state index in [-0.39, 0.29) is 44.9 Å². The van der Waals surface area contributed by atoms with Crippen LogP contribution in [0.2, 0.25) is 0 Å². The molecule has 0 aliphatic rings. The molecular formula is C40H78NO9PS. The smallest absolute Gasteiger partial charge is 0.462 e. The number of phosphoric acid groups is 1. The third kappa shape index (κ3) is 37.2. The van der Waals surface area contributed by atoms with E-state index in [9.17, 15) is 23.8 Å². The molecule has 0 rings (SSSR count). The van der Waals surface area contributed by atoms with Crippen molar-refractivity contribution in [2.45, 2.75) is 206 Å². The van der Waals surface area contributed by atoms with Gasteiger partial charge in [0.1, 0.15) is 6.61 Å². The topological polar surface area (TPSA) is 137 Å². The summed E-state index contributed by atoms with van der Waals surface area (Å²) in [5, 5.41) is 2.55. The van der Waals surface area contributed by atoms with Gasteiger partial charge in [-0.1, -0.05) is 168 Å². The Balaban J connectivity index is 4.42. The van der Waals surface area contributed by atoms with Crippen LogP contribution in [0.5, 0.6) is 0 Å². The summed E-state index contributed by atoms with van der Waals surface area (Å²) in [5.41, 5.74) is 0. The molecule has 0 saturated carbocycles. The van der Waals surface area contributed by atoms with Crippen LogP contribution in [-0.4, -0.2) is 61.0 Å². The first-order valence-electron chi connectivity index (χ1n) is 21.1. The van der Waals surface area contributed by atoms with Crippen LogP contribution in [0.4, 0.5) is 0 Å². The summed E-state index contributed by atoms with van der Waals surface area (Å²) in [5.74, 6) is -0.730. The maximum Gasteiger partial charge on any atom is 0.472 e. The number of carbonyl (C=O) groups excluding carboxylic acids is 3. The number of amides is 1. The fourth-order valence-electron chi connectivity index (χ4n) is 5.95. The van der Waals surface area contributed by atoms with Gasteiger partial charge in [0, 0.05) is 25.8 Å². The molecule has 52 heavy (non-hydrogen) atoms. The molecule has 1 amide bonds. The van der Waals surface area contributed by atoms with Gasteiger partial charge in [0.2, 0.25) is 5.91 Å². The lowest BCUT2D eigenvalue weighted by Gasteiger charge is -2.20. The number of hydrogen-bond donors (Lipinski definition) is 3. The zero-order valence-electron chi connectivity index (χ0n) is 33.2. The molecule has 0 fully saturated rings. The second-order valence-electron chi connectivity index (χ2n) is 14.2. The molecular weight excluding hydrogens is 701 g/mol. The highest BCUT2D eigenvalue weighted by atomic mass is 32.1. The SMILES string of the molecule is CCCCCCCCCCCCCCCC(=O)OCC(COP(=O)(O)OCCNC(=O)CCS)OC(=O)CCCCCCCCCCCCCCC. The van der Waals surface area contributed by atoms with Crippen LogP contribution in [0.25, 0.3) is 0 Å². The third-order valence-corrected chi connectivity index (χ3v) is 10.3. The van der Waals surface area contributed by atoms with E-state index in [0.717, 1.165) is 38.5 Å². The molecule has 10 nitrogen and oxygen atoms in total. The average molecular weight is 780 g/mol. The molecule has 12 heteroatoms. The number of unbranched alkanes of at least 4 members (excludes halogenated alkanes) is 24. The van der Waals surface area contributed by atoms with E-state index in [1.165, 1.54) is 122 Å². The number of rotatable bonds is 40. The lowest BCUT2D eigenvalue weighted by Crippen LogP contribution is -2.30. The molecule has 0 aromatic rings. The lowest BCUT2D eigenvalue weighted by molar-refractivity contribution is -0.161. The fourth-order valence-corrected chi connectivity index (χ4v) is 6.90. The number of nitrogens with one attached hydrogen (secondary N) is 1. The molecule has 0 aromatic heterocycles. The Labute approximate surface area is 323 Å². The molecule has 0 aliphatic carbocycles. The molecule has 2 N–H and O–H groups in total. The lowest BCUT2D eigenvalue weighted by atomic mass is 10.0. The van der Waals surface area contributed by atoms with Gasteiger partial charge < -0.3 is 19.7 Å². The minimum absolute atomic E-state index is 0.0227. The number of phosphoric ester groups is 1. The summed E-state index contributed by atoms with van der Waals surface area (Å²) in [6, 6.07) is 0. The molecule has 0 radical (unpaired) electrons. The predicted octanol–water partition coefficient (Wildman–Crippen LogP) is 11.0. The Morgan fingerprint density at radius 2 is 0.981 bits per heavy atom. The highest BCUT2D eigenvalue weighted by Crippen LogP contribution is 2.43. The van der Waals surface area contributed by atoms with E-state index in [1.54, 1.807) is 0 Å². The molecule has 2 atom stereocenters. The van der Waals surface area contributed by atoms with E-state index >= 15 is 0 Å². The van der Waals surface area contributed by atoms with Crippen molar-refractivity contribution >= 4 is 38.3 Å². The van der Waals surface area contributed by atoms with Crippen LogP contribution in [-0.2, 0) is 37.5 Å². The Morgan fingerprint density at radius 3 is 1.40 bits per heavy atom. The van der Waals surface area contributed by atoms with Crippen molar-refractivity contribution in [3.05, 3.63) is 0 Å². The highest BCUT2D eigenvalue weighted by Gasteiger charge is 2.26. The normalized spacial score (nSPS) is 13.1. The standard InChI is InChI=1S/C40H78NO9PS/c1-3-5-7-9-11-13-15-17-19-21-23-25-27-29-39(43)47-35-37(36-49-51(45,46)48-33-32-41-38(42)31-34-52)50-40(44)30-28-26-24-22-20-18-16-14-12-10-8-6-4-2/h37,52H,3-36H2,1-2H3,(H,41,42)(H,45,46). The van der Waals surface area contributed by atoms with Crippen molar-refractivity contribution in [2.24, 2.45) is 0 Å². The van der Waals surface area contributed by atoms with Gasteiger partial charge in [-0.05, 0) is 18.6 Å². The van der Waals surface area contributed by atoms with Crippen molar-refractivity contribution in [1.29, 1.82) is 0 Å². The van der Waals surface area contributed by atoms with Crippen molar-refractivity contribution in [3.63, 3.8) is 0 Å². The minimum Gasteiger partial charge on any atom is -0.462 e. The van der Waals surface area contributed by atoms with Gasteiger partial charge in [-0.15, -0.1) is 0 Å². The summed E-state index contributed by atoms with van der Waals surface area (Å²) in [6.45, 7) is 3.51. The minimum atomic E-state index is -4.51. The average Bonchev–Trinajstić information content (AvgIpc) is 3.12. The van der Waals surface area contributed by atoms with Crippen molar-refractivity contribution in [2.75, 3.05) is 32.1 Å². The molecule has 0 spiro atoms. The fraction of sp³-hybridized carbons (Fsp3) is 0.925. The number of esters is 2. The number of thiol groups is 1. The van der Waals surface area contributed by atoms with Crippen LogP contribution >= 0.6 is 20.5 Å². The van der Waals surface area contributed by atoms with Gasteiger partial charge in [0.15, 0.2) is 6.10 Å². The van der Waals surface area contributed by atoms with Crippen LogP contribution in [0, 0.1) is 0 Å². The summed E-state index contributed by atoms with van der Waals surface area (Å²) in [4.78, 5) is 46.7. The highest BCUT2D eigenvalue weighted by molar-refractivity contribution is 7.80. The first-order valence-corrected chi connectivity index (χ1v) is 23.2. The van der Waals surface area contributed by atoms with E-state index < -0.39 is 32.5 Å². The van der Waals surface area contributed by atoms with E-state index in [1.807, 2.05) is 0 Å². The van der Waals surface area contributed by atoms with E-state index in [0.29, 0.717) is 12.2 Å². The molecule has 308 valence electrons. The van der Waals surface area contributed by atoms with Gasteiger partial charge in [0.05, 0.1) is 13.2 Å². The van der Waals surface area contributed by atoms with Crippen molar-refractivity contribution in [1.82, 2.24) is 5.32 Å². The summed E-state index contributed by atoms with van der Waals surface area (Å²) >= 11 is 3.99. The summed E-state index contributed by atoms with van der Waals surface area (Å²) in [6.07, 6.45) is 31.0. The molecule has 0 bridgehead atoms. The predicted molar refractivity (Wildman–Crippen MR) is 215 cm³/mol. The largest absolute Gasteiger partial charge is 0.472 e. The van der Waals surface area contributed by atoms with Crippen LogP contribution in [0.1, 0.15) is 200 Å². The third-order valence-electron chi connectivity index (χ3n) is 9.14. The monoisotopic (exact) mass is 780 g/mol. The molecule has 2 unspecified atom stereocenters. The van der Waals surface area contributed by atoms with E-state index in [4.69, 9.17) is 18.5 Å². The Bertz CT molecular complexity index is 895. The molecule has 0 aliphatic heterocycles. The Morgan fingerprint density at radius 1 is 0.577 bits per heavy atom. The maximum absolute atomic E-state index is 12.6. The van der Waals surface area contributed by atoms with E-state index in [2.05, 4.69) is 31.8 Å². The van der Waals surface area contributed by atoms with Crippen LogP contribution < -0.4 is 5.32 Å². The molecule has 0 saturated heterocycles. The zero-order valence-corrected chi connectivity index (χ0v) is 35.0. The van der Waals surface area contributed by atoms with Crippen LogP contribution in [0.3, 0.4) is 0 Å². The summed E-state index contributed by atoms with van der Waals surface area (Å²) < 4.78 is 33.3. The number of carbonyl (C=O) groups is 3. The molecule has 0 aromatic carbocycles. The first-order chi connectivity index (χ1) is 25.2.